The van der Waals surface area contributed by atoms with Crippen molar-refractivity contribution in [2.75, 3.05) is 75.1 Å². The number of amides is 12. The molecule has 12 amide bonds. The highest BCUT2D eigenvalue weighted by Gasteiger charge is 2.44. The molecule has 0 radical (unpaired) electrons. The molecule has 0 aliphatic carbocycles. The van der Waals surface area contributed by atoms with E-state index in [0.717, 1.165) is 26.0 Å². The second kappa shape index (κ2) is 38.0. The van der Waals surface area contributed by atoms with Gasteiger partial charge in [0.2, 0.25) is 70.9 Å². The maximum absolute atomic E-state index is 15.5. The van der Waals surface area contributed by atoms with Gasteiger partial charge in [-0.1, -0.05) is 109 Å². The smallest absolute Gasteiger partial charge is 0.249 e. The molecule has 6 N–H and O–H groups in total. The standard InChI is InChI=1S/C71H111ClN12O15/c1-41(2)34-52-62(89)75-51(40-99-71(11,12)13)66(93)82(18)54(36-47-28-22-20-23-29-47)68(95)83(19)60(44(7)8)64(91)73-49(67(94)84-32-26-21-27-33-84)37-56(86)76-58(43(5)6)70(97)81(17)53(35-42(3)4)63(90)74-50(39-98-55-31-25-24-30-48(55)72)65(92)79(15)45(9)61(88)77-59(46(10)85)69(96)78(14)38-57(87)80(52)16/h20,22-25,28-31,41-46,49-54,58-60,85H,21,26-27,32-40H2,1-19H3,(H,73,91)(H,74,90)(H,75,89)(H,76,86)(H,77,88)/t45-,46+,49-,50-,51-,52-,53-,54-,58+,59-,60-/m0/s1. The van der Waals surface area contributed by atoms with Crippen LogP contribution in [0.4, 0.5) is 0 Å². The molecule has 0 unspecified atom stereocenters. The average Bonchev–Trinajstić information content (AvgIpc) is 0.815. The Morgan fingerprint density at radius 3 is 1.62 bits per heavy atom. The summed E-state index contributed by atoms with van der Waals surface area (Å²) in [6.07, 6.45) is -0.0779. The first-order valence-electron chi connectivity index (χ1n) is 34.3. The zero-order valence-corrected chi connectivity index (χ0v) is 62.3. The number of likely N-dealkylation sites (tertiary alicyclic amines) is 1. The van der Waals surface area contributed by atoms with E-state index in [9.17, 15) is 48.3 Å². The molecular weight excluding hydrogens is 1300 g/mol. The van der Waals surface area contributed by atoms with Crippen LogP contribution in [0.25, 0.3) is 0 Å². The number of nitrogens with zero attached hydrogens (tertiary/aromatic N) is 7. The van der Waals surface area contributed by atoms with Gasteiger partial charge in [0.15, 0.2) is 0 Å². The molecule has 2 aliphatic rings. The summed E-state index contributed by atoms with van der Waals surface area (Å²) in [7, 11) is 8.04. The number of carbonyl (C=O) groups excluding carboxylic acids is 12. The molecule has 0 aromatic heterocycles. The predicted molar refractivity (Wildman–Crippen MR) is 374 cm³/mol. The molecule has 0 spiro atoms. The van der Waals surface area contributed by atoms with Crippen LogP contribution in [0.5, 0.6) is 5.75 Å². The van der Waals surface area contributed by atoms with Crippen LogP contribution in [0.2, 0.25) is 5.02 Å². The molecular formula is C71H111ClN12O15. The van der Waals surface area contributed by atoms with E-state index in [1.807, 2.05) is 27.7 Å². The van der Waals surface area contributed by atoms with Gasteiger partial charge in [-0.05, 0) is 108 Å². The third-order valence-electron chi connectivity index (χ3n) is 17.9. The Balaban J connectivity index is 1.95. The Morgan fingerprint density at radius 2 is 1.09 bits per heavy atom. The first kappa shape index (κ1) is 83.5. The van der Waals surface area contributed by atoms with Crippen molar-refractivity contribution < 1.29 is 72.1 Å². The molecule has 2 aromatic rings. The summed E-state index contributed by atoms with van der Waals surface area (Å²) in [5.74, 6) is -11.1. The van der Waals surface area contributed by atoms with Crippen molar-refractivity contribution >= 4 is 82.5 Å². The third-order valence-corrected chi connectivity index (χ3v) is 18.2. The zero-order chi connectivity index (χ0) is 74.7. The molecule has 2 heterocycles. The molecule has 28 heteroatoms. The molecule has 2 aromatic carbocycles. The number of ether oxygens (including phenoxy) is 2. The van der Waals surface area contributed by atoms with Crippen LogP contribution in [-0.4, -0.2) is 258 Å². The minimum absolute atomic E-state index is 0.0334. The maximum atomic E-state index is 15.5. The third kappa shape index (κ3) is 24.2. The van der Waals surface area contributed by atoms with Gasteiger partial charge in [0.25, 0.3) is 0 Å². The van der Waals surface area contributed by atoms with Gasteiger partial charge in [0, 0.05) is 61.8 Å². The largest absolute Gasteiger partial charge is 0.489 e. The molecule has 99 heavy (non-hydrogen) atoms. The molecule has 0 bridgehead atoms. The minimum Gasteiger partial charge on any atom is -0.489 e. The number of likely N-dealkylation sites (N-methyl/N-ethyl adjacent to an activating group) is 6. The quantitative estimate of drug-likeness (QED) is 0.149. The Kier molecular flexibility index (Phi) is 32.1. The van der Waals surface area contributed by atoms with Crippen LogP contribution in [0, 0.1) is 23.7 Å². The fourth-order valence-electron chi connectivity index (χ4n) is 11.8. The number of nitrogens with one attached hydrogen (secondary N) is 5. The molecule has 0 saturated carbocycles. The summed E-state index contributed by atoms with van der Waals surface area (Å²) in [5, 5.41) is 24.9. The van der Waals surface area contributed by atoms with Gasteiger partial charge in [-0.3, -0.25) is 57.5 Å². The number of benzene rings is 2. The Bertz CT molecular complexity index is 3120. The molecule has 2 saturated heterocycles. The molecule has 552 valence electrons. The Morgan fingerprint density at radius 1 is 0.566 bits per heavy atom. The van der Waals surface area contributed by atoms with E-state index in [1.54, 1.807) is 102 Å². The number of halogens is 1. The van der Waals surface area contributed by atoms with Crippen molar-refractivity contribution in [3.8, 4) is 5.75 Å². The Labute approximate surface area is 589 Å². The van der Waals surface area contributed by atoms with Crippen LogP contribution >= 0.6 is 11.6 Å². The Hall–Kier alpha value is -7.91. The van der Waals surface area contributed by atoms with Crippen molar-refractivity contribution in [2.45, 2.75) is 207 Å². The molecule has 11 atom stereocenters. The first-order chi connectivity index (χ1) is 46.2. The van der Waals surface area contributed by atoms with E-state index in [1.165, 1.54) is 72.0 Å². The number of hydrogen-bond donors (Lipinski definition) is 6. The SMILES string of the molecule is CC(C)C[C@H]1C(=O)N[C@@H](COC(C)(C)C)C(=O)N(C)[C@@H](Cc2ccccc2)C(=O)N(C)[C@@H](C(C)C)C(=O)N[C@H](C(=O)N2CCCCC2)CC(=O)N[C@H](C(C)C)C(=O)N(C)[C@@H](CC(C)C)C(=O)N[C@@H](COc2ccccc2Cl)C(=O)N(C)[C@@H](C)C(=O)N[C@@H]([C@@H](C)O)C(=O)N(C)CC(=O)N1C. The van der Waals surface area contributed by atoms with Crippen LogP contribution in [0.15, 0.2) is 54.6 Å². The van der Waals surface area contributed by atoms with Crippen molar-refractivity contribution in [3.63, 3.8) is 0 Å². The number of aliphatic hydroxyl groups excluding tert-OH is 1. The van der Waals surface area contributed by atoms with Gasteiger partial charge in [-0.15, -0.1) is 0 Å². The van der Waals surface area contributed by atoms with Crippen molar-refractivity contribution in [1.82, 2.24) is 60.9 Å². The molecule has 2 fully saturated rings. The lowest BCUT2D eigenvalue weighted by atomic mass is 9.97. The number of carbonyl (C=O) groups is 12. The van der Waals surface area contributed by atoms with Gasteiger partial charge < -0.3 is 75.5 Å². The highest BCUT2D eigenvalue weighted by Crippen LogP contribution is 2.25. The van der Waals surface area contributed by atoms with E-state index < -0.39 is 181 Å². The van der Waals surface area contributed by atoms with Gasteiger partial charge in [-0.2, -0.15) is 0 Å². The summed E-state index contributed by atoms with van der Waals surface area (Å²) in [6, 6.07) is 0.852. The van der Waals surface area contributed by atoms with E-state index in [0.29, 0.717) is 31.5 Å². The number of piperidine rings is 1. The van der Waals surface area contributed by atoms with Crippen LogP contribution in [0.1, 0.15) is 134 Å². The number of aliphatic hydroxyl groups is 1. The number of hydrogen-bond acceptors (Lipinski definition) is 15. The first-order valence-corrected chi connectivity index (χ1v) is 34.7. The second-order valence-electron chi connectivity index (χ2n) is 28.8. The van der Waals surface area contributed by atoms with E-state index in [2.05, 4.69) is 26.6 Å². The summed E-state index contributed by atoms with van der Waals surface area (Å²) < 4.78 is 12.2. The lowest BCUT2D eigenvalue weighted by Crippen LogP contribution is -2.62. The average molecular weight is 1410 g/mol. The van der Waals surface area contributed by atoms with E-state index in [-0.39, 0.29) is 41.9 Å². The minimum atomic E-state index is -1.70. The lowest BCUT2D eigenvalue weighted by Gasteiger charge is -2.38. The monoisotopic (exact) mass is 1410 g/mol. The molecule has 2 aliphatic heterocycles. The van der Waals surface area contributed by atoms with Crippen LogP contribution in [-0.2, 0) is 68.7 Å². The zero-order valence-electron chi connectivity index (χ0n) is 61.5. The summed E-state index contributed by atoms with van der Waals surface area (Å²) >= 11 is 6.47. The van der Waals surface area contributed by atoms with Gasteiger partial charge in [-0.25, -0.2) is 0 Å². The summed E-state index contributed by atoms with van der Waals surface area (Å²) in [6.45, 7) is 20.8. The lowest BCUT2D eigenvalue weighted by molar-refractivity contribution is -0.152. The van der Waals surface area contributed by atoms with Crippen LogP contribution < -0.4 is 31.3 Å². The van der Waals surface area contributed by atoms with E-state index in [4.69, 9.17) is 21.1 Å². The van der Waals surface area contributed by atoms with Crippen molar-refractivity contribution in [1.29, 1.82) is 0 Å². The highest BCUT2D eigenvalue weighted by atomic mass is 35.5. The number of para-hydroxylation sites is 1. The topological polar surface area (TPSA) is 326 Å². The van der Waals surface area contributed by atoms with E-state index >= 15 is 14.4 Å². The normalized spacial score (nSPS) is 25.2. The predicted octanol–water partition coefficient (Wildman–Crippen LogP) is 3.02. The van der Waals surface area contributed by atoms with Gasteiger partial charge >= 0.3 is 0 Å². The maximum Gasteiger partial charge on any atom is 0.249 e. The second-order valence-corrected chi connectivity index (χ2v) is 29.2. The molecule has 27 nitrogen and oxygen atoms in total. The molecule has 4 rings (SSSR count). The summed E-state index contributed by atoms with van der Waals surface area (Å²) in [5.41, 5.74) is -0.241. The van der Waals surface area contributed by atoms with Gasteiger partial charge in [0.1, 0.15) is 72.8 Å². The van der Waals surface area contributed by atoms with Crippen LogP contribution in [0.3, 0.4) is 0 Å². The summed E-state index contributed by atoms with van der Waals surface area (Å²) in [4.78, 5) is 186. The highest BCUT2D eigenvalue weighted by molar-refractivity contribution is 6.32. The fourth-order valence-corrected chi connectivity index (χ4v) is 12.0. The fraction of sp³-hybridized carbons (Fsp3) is 0.662. The van der Waals surface area contributed by atoms with Gasteiger partial charge in [0.05, 0.1) is 36.3 Å². The van der Waals surface area contributed by atoms with Crippen molar-refractivity contribution in [3.05, 3.63) is 65.2 Å². The van der Waals surface area contributed by atoms with Crippen molar-refractivity contribution in [2.24, 2.45) is 23.7 Å². The number of rotatable bonds is 15.